The fourth-order valence-electron chi connectivity index (χ4n) is 1.93. The Balaban J connectivity index is 2.16. The van der Waals surface area contributed by atoms with E-state index >= 15 is 0 Å². The van der Waals surface area contributed by atoms with Crippen molar-refractivity contribution in [2.75, 3.05) is 26.3 Å². The number of hydrogen-bond donors (Lipinski definition) is 2. The van der Waals surface area contributed by atoms with Gasteiger partial charge >= 0.3 is 0 Å². The van der Waals surface area contributed by atoms with Gasteiger partial charge in [-0.1, -0.05) is 51.1 Å². The Morgan fingerprint density at radius 2 is 1.95 bits per heavy atom. The van der Waals surface area contributed by atoms with Crippen LogP contribution in [0.4, 0.5) is 0 Å². The van der Waals surface area contributed by atoms with Gasteiger partial charge in [0.1, 0.15) is 6.61 Å². The number of amides is 1. The summed E-state index contributed by atoms with van der Waals surface area (Å²) in [5.41, 5.74) is 1.27. The Labute approximate surface area is 128 Å². The lowest BCUT2D eigenvalue weighted by molar-refractivity contribution is -0.126. The van der Waals surface area contributed by atoms with Crippen LogP contribution in [0, 0.1) is 5.41 Å². The molecule has 118 valence electrons. The van der Waals surface area contributed by atoms with Crippen molar-refractivity contribution in [2.45, 2.75) is 33.7 Å². The highest BCUT2D eigenvalue weighted by Crippen LogP contribution is 2.14. The van der Waals surface area contributed by atoms with Gasteiger partial charge in [-0.25, -0.2) is 0 Å². The third-order valence-corrected chi connectivity index (χ3v) is 3.07. The van der Waals surface area contributed by atoms with E-state index in [0.29, 0.717) is 13.2 Å². The average Bonchev–Trinajstić information content (AvgIpc) is 2.46. The van der Waals surface area contributed by atoms with Crippen molar-refractivity contribution >= 4 is 5.91 Å². The van der Waals surface area contributed by atoms with Crippen molar-refractivity contribution in [1.29, 1.82) is 0 Å². The molecule has 1 rings (SSSR count). The van der Waals surface area contributed by atoms with Crippen LogP contribution < -0.4 is 10.6 Å². The zero-order valence-electron chi connectivity index (χ0n) is 13.4. The van der Waals surface area contributed by atoms with Crippen molar-refractivity contribution in [1.82, 2.24) is 10.6 Å². The lowest BCUT2D eigenvalue weighted by Gasteiger charge is -2.24. The van der Waals surface area contributed by atoms with Gasteiger partial charge in [-0.05, 0) is 12.0 Å². The Morgan fingerprint density at radius 1 is 1.24 bits per heavy atom. The molecule has 0 saturated heterocycles. The van der Waals surface area contributed by atoms with Gasteiger partial charge in [0.25, 0.3) is 0 Å². The first-order chi connectivity index (χ1) is 10.0. The first-order valence-corrected chi connectivity index (χ1v) is 7.62. The van der Waals surface area contributed by atoms with Gasteiger partial charge < -0.3 is 15.4 Å². The van der Waals surface area contributed by atoms with Gasteiger partial charge in [0.05, 0.1) is 6.61 Å². The minimum Gasteiger partial charge on any atom is -0.371 e. The van der Waals surface area contributed by atoms with E-state index in [4.69, 9.17) is 4.74 Å². The van der Waals surface area contributed by atoms with Crippen LogP contribution in [-0.4, -0.2) is 32.2 Å². The van der Waals surface area contributed by atoms with E-state index in [-0.39, 0.29) is 17.9 Å². The molecule has 0 spiro atoms. The number of carbonyl (C=O) groups excluding carboxylic acids is 1. The molecule has 0 atom stereocenters. The van der Waals surface area contributed by atoms with Crippen LogP contribution in [-0.2, 0) is 16.1 Å². The maximum Gasteiger partial charge on any atom is 0.245 e. The fourth-order valence-corrected chi connectivity index (χ4v) is 1.93. The second-order valence-electron chi connectivity index (χ2n) is 6.10. The molecule has 0 bridgehead atoms. The highest BCUT2D eigenvalue weighted by molar-refractivity contribution is 5.77. The van der Waals surface area contributed by atoms with Gasteiger partial charge in [0.15, 0.2) is 0 Å². The van der Waals surface area contributed by atoms with Gasteiger partial charge in [-0.2, -0.15) is 0 Å². The minimum atomic E-state index is -0.0371. The topological polar surface area (TPSA) is 50.4 Å². The summed E-state index contributed by atoms with van der Waals surface area (Å²) in [6.07, 6.45) is 0.945. The zero-order valence-corrected chi connectivity index (χ0v) is 13.4. The largest absolute Gasteiger partial charge is 0.371 e. The number of ether oxygens (including phenoxy) is 1. The lowest BCUT2D eigenvalue weighted by Crippen LogP contribution is -2.35. The molecule has 0 unspecified atom stereocenters. The summed E-state index contributed by atoms with van der Waals surface area (Å²) in [4.78, 5) is 11.4. The SMILES string of the molecule is CCCNC(=O)COCC(C)(C)CNCc1ccccc1. The quantitative estimate of drug-likeness (QED) is 0.696. The maximum absolute atomic E-state index is 11.4. The number of carbonyl (C=O) groups is 1. The molecule has 0 radical (unpaired) electrons. The maximum atomic E-state index is 11.4. The zero-order chi connectivity index (χ0) is 15.6. The van der Waals surface area contributed by atoms with E-state index < -0.39 is 0 Å². The van der Waals surface area contributed by atoms with Crippen molar-refractivity contribution < 1.29 is 9.53 Å². The normalized spacial score (nSPS) is 11.4. The molecule has 4 nitrogen and oxygen atoms in total. The van der Waals surface area contributed by atoms with Crippen molar-refractivity contribution in [3.63, 3.8) is 0 Å². The summed E-state index contributed by atoms with van der Waals surface area (Å²) in [6, 6.07) is 10.3. The first kappa shape index (κ1) is 17.7. The Morgan fingerprint density at radius 3 is 2.62 bits per heavy atom. The van der Waals surface area contributed by atoms with E-state index in [1.807, 2.05) is 25.1 Å². The standard InChI is InChI=1S/C17H28N2O2/c1-4-10-19-16(20)12-21-14-17(2,3)13-18-11-15-8-6-5-7-9-15/h5-9,18H,4,10-14H2,1-3H3,(H,19,20). The smallest absolute Gasteiger partial charge is 0.245 e. The first-order valence-electron chi connectivity index (χ1n) is 7.62. The van der Waals surface area contributed by atoms with Crippen LogP contribution in [0.15, 0.2) is 30.3 Å². The second-order valence-corrected chi connectivity index (χ2v) is 6.10. The van der Waals surface area contributed by atoms with Crippen LogP contribution >= 0.6 is 0 Å². The van der Waals surface area contributed by atoms with Gasteiger partial charge in [0, 0.05) is 25.0 Å². The van der Waals surface area contributed by atoms with E-state index in [9.17, 15) is 4.79 Å². The van der Waals surface area contributed by atoms with Gasteiger partial charge in [-0.15, -0.1) is 0 Å². The molecule has 0 aliphatic rings. The number of hydrogen-bond acceptors (Lipinski definition) is 3. The average molecular weight is 292 g/mol. The Hall–Kier alpha value is -1.39. The van der Waals surface area contributed by atoms with Gasteiger partial charge in [0.2, 0.25) is 5.91 Å². The van der Waals surface area contributed by atoms with Crippen LogP contribution in [0.5, 0.6) is 0 Å². The molecule has 21 heavy (non-hydrogen) atoms. The van der Waals surface area contributed by atoms with Crippen molar-refractivity contribution in [2.24, 2.45) is 5.41 Å². The molecule has 2 N–H and O–H groups in total. The summed E-state index contributed by atoms with van der Waals surface area (Å²) >= 11 is 0. The molecule has 4 heteroatoms. The molecule has 1 aromatic rings. The number of rotatable bonds is 10. The van der Waals surface area contributed by atoms with Gasteiger partial charge in [-0.3, -0.25) is 4.79 Å². The molecule has 0 aromatic heterocycles. The summed E-state index contributed by atoms with van der Waals surface area (Å²) in [5, 5.41) is 6.24. The summed E-state index contributed by atoms with van der Waals surface area (Å²) in [7, 11) is 0. The summed E-state index contributed by atoms with van der Waals surface area (Å²) in [5.74, 6) is -0.0371. The molecule has 0 heterocycles. The predicted molar refractivity (Wildman–Crippen MR) is 86.0 cm³/mol. The van der Waals surface area contributed by atoms with Crippen LogP contribution in [0.1, 0.15) is 32.8 Å². The van der Waals surface area contributed by atoms with E-state index in [0.717, 1.165) is 19.5 Å². The molecule has 0 saturated carbocycles. The minimum absolute atomic E-state index is 0.000182. The molecule has 1 aromatic carbocycles. The predicted octanol–water partition coefficient (Wildman–Crippen LogP) is 2.35. The van der Waals surface area contributed by atoms with Crippen LogP contribution in [0.25, 0.3) is 0 Å². The third-order valence-electron chi connectivity index (χ3n) is 3.07. The van der Waals surface area contributed by atoms with Crippen LogP contribution in [0.3, 0.4) is 0 Å². The molecule has 1 amide bonds. The Kier molecular flexibility index (Phi) is 8.01. The molecule has 0 fully saturated rings. The number of nitrogens with one attached hydrogen (secondary N) is 2. The third kappa shape index (κ3) is 8.48. The Bertz CT molecular complexity index is 405. The van der Waals surface area contributed by atoms with Crippen LogP contribution in [0.2, 0.25) is 0 Å². The fraction of sp³-hybridized carbons (Fsp3) is 0.588. The molecule has 0 aliphatic heterocycles. The molecular weight excluding hydrogens is 264 g/mol. The highest BCUT2D eigenvalue weighted by atomic mass is 16.5. The number of benzene rings is 1. The van der Waals surface area contributed by atoms with E-state index in [1.165, 1.54) is 5.56 Å². The lowest BCUT2D eigenvalue weighted by atomic mass is 9.95. The molecule has 0 aliphatic carbocycles. The summed E-state index contributed by atoms with van der Waals surface area (Å²) < 4.78 is 5.51. The summed E-state index contributed by atoms with van der Waals surface area (Å²) in [6.45, 7) is 9.41. The second kappa shape index (κ2) is 9.53. The van der Waals surface area contributed by atoms with Crippen molar-refractivity contribution in [3.8, 4) is 0 Å². The van der Waals surface area contributed by atoms with E-state index in [2.05, 4.69) is 36.6 Å². The monoisotopic (exact) mass is 292 g/mol. The molecular formula is C17H28N2O2. The highest BCUT2D eigenvalue weighted by Gasteiger charge is 2.18. The van der Waals surface area contributed by atoms with Crippen molar-refractivity contribution in [3.05, 3.63) is 35.9 Å². The van der Waals surface area contributed by atoms with E-state index in [1.54, 1.807) is 0 Å².